The Morgan fingerprint density at radius 1 is 0.606 bits per heavy atom. The summed E-state index contributed by atoms with van der Waals surface area (Å²) in [6, 6.07) is 39.6. The predicted molar refractivity (Wildman–Crippen MR) is 130 cm³/mol. The van der Waals surface area contributed by atoms with Crippen molar-refractivity contribution in [3.05, 3.63) is 115 Å². The third kappa shape index (κ3) is 5.55. The summed E-state index contributed by atoms with van der Waals surface area (Å²) < 4.78 is 0. The molecule has 0 nitrogen and oxygen atoms in total. The van der Waals surface area contributed by atoms with Gasteiger partial charge in [0.1, 0.15) is 0 Å². The van der Waals surface area contributed by atoms with Gasteiger partial charge in [-0.05, 0) is 34.2 Å². The van der Waals surface area contributed by atoms with E-state index in [4.69, 9.17) is 0 Å². The molecular formula is C30H25Cl2Zr. The van der Waals surface area contributed by atoms with Crippen LogP contribution in [0.25, 0.3) is 44.2 Å². The number of hydrogen-bond donors (Lipinski definition) is 0. The van der Waals surface area contributed by atoms with Crippen LogP contribution in [0.5, 0.6) is 0 Å². The van der Waals surface area contributed by atoms with E-state index in [1.807, 2.05) is 0 Å². The maximum Gasteiger partial charge on any atom is 3.00 e. The van der Waals surface area contributed by atoms with E-state index < -0.39 is 0 Å². The van der Waals surface area contributed by atoms with E-state index in [2.05, 4.69) is 116 Å². The van der Waals surface area contributed by atoms with Gasteiger partial charge in [-0.15, -0.1) is 28.5 Å². The van der Waals surface area contributed by atoms with Crippen LogP contribution < -0.4 is 24.8 Å². The molecule has 0 aliphatic carbocycles. The number of rotatable bonds is 5. The molecule has 0 heterocycles. The average Bonchev–Trinajstić information content (AvgIpc) is 3.22. The van der Waals surface area contributed by atoms with Crippen molar-refractivity contribution in [3.8, 4) is 33.4 Å². The minimum absolute atomic E-state index is 0. The Labute approximate surface area is 228 Å². The van der Waals surface area contributed by atoms with Crippen LogP contribution in [0.1, 0.15) is 18.9 Å². The topological polar surface area (TPSA) is 0 Å². The zero-order valence-electron chi connectivity index (χ0n) is 18.6. The van der Waals surface area contributed by atoms with Crippen LogP contribution in [0.15, 0.2) is 109 Å². The van der Waals surface area contributed by atoms with Crippen LogP contribution in [-0.4, -0.2) is 0 Å². The van der Waals surface area contributed by atoms with Crippen LogP contribution in [0.2, 0.25) is 0 Å². The fourth-order valence-corrected chi connectivity index (χ4v) is 4.50. The van der Waals surface area contributed by atoms with Gasteiger partial charge < -0.3 is 24.8 Å². The summed E-state index contributed by atoms with van der Waals surface area (Å²) in [5.74, 6) is 0. The zero-order valence-corrected chi connectivity index (χ0v) is 22.5. The molecule has 0 atom stereocenters. The maximum absolute atomic E-state index is 2.41. The van der Waals surface area contributed by atoms with Crippen molar-refractivity contribution >= 4 is 10.8 Å². The summed E-state index contributed by atoms with van der Waals surface area (Å²) in [6.07, 6.45) is 2.28. The first kappa shape index (κ1) is 27.2. The van der Waals surface area contributed by atoms with Gasteiger partial charge in [0.2, 0.25) is 0 Å². The summed E-state index contributed by atoms with van der Waals surface area (Å²) in [6.45, 7) is 2.25. The van der Waals surface area contributed by atoms with Gasteiger partial charge in [-0.3, -0.25) is 0 Å². The van der Waals surface area contributed by atoms with Gasteiger partial charge in [-0.1, -0.05) is 110 Å². The van der Waals surface area contributed by atoms with Gasteiger partial charge >= 0.3 is 26.2 Å². The summed E-state index contributed by atoms with van der Waals surface area (Å²) in [7, 11) is 0. The van der Waals surface area contributed by atoms with E-state index in [-0.39, 0.29) is 51.0 Å². The molecule has 0 aromatic heterocycles. The Bertz CT molecular complexity index is 1290. The second kappa shape index (κ2) is 12.4. The molecule has 3 heteroatoms. The molecule has 0 bridgehead atoms. The Morgan fingerprint density at radius 3 is 1.76 bits per heavy atom. The Morgan fingerprint density at radius 2 is 1.15 bits per heavy atom. The van der Waals surface area contributed by atoms with Crippen molar-refractivity contribution in [1.29, 1.82) is 0 Å². The monoisotopic (exact) mass is 545 g/mol. The summed E-state index contributed by atoms with van der Waals surface area (Å²) in [5, 5.41) is 2.68. The van der Waals surface area contributed by atoms with Crippen LogP contribution in [0.4, 0.5) is 0 Å². The van der Waals surface area contributed by atoms with E-state index in [0.29, 0.717) is 0 Å². The van der Waals surface area contributed by atoms with Gasteiger partial charge in [0, 0.05) is 0 Å². The molecule has 0 unspecified atom stereocenters. The summed E-state index contributed by atoms with van der Waals surface area (Å²) in [4.78, 5) is 0. The molecule has 0 aliphatic heterocycles. The van der Waals surface area contributed by atoms with Crippen molar-refractivity contribution in [2.75, 3.05) is 0 Å². The quantitative estimate of drug-likeness (QED) is 0.297. The fourth-order valence-electron chi connectivity index (χ4n) is 4.50. The molecule has 5 aromatic carbocycles. The molecule has 33 heavy (non-hydrogen) atoms. The second-order valence-corrected chi connectivity index (χ2v) is 7.88. The molecule has 5 aromatic rings. The third-order valence-electron chi connectivity index (χ3n) is 5.85. The number of hydrogen-bond acceptors (Lipinski definition) is 0. The Balaban J connectivity index is 0.00000128. The standard InChI is InChI=1S/C30H25.2ClH.Zr/c1-2-11-22-20-25-18-19-27(24-14-7-4-8-15-24)30(29(25)21-22)28-17-10-9-16-26(28)23-12-5-3-6-13-23;;;/h3-10,12-21H,2,11H2,1H3;2*1H;/q-1;;;+3/p-2. The third-order valence-corrected chi connectivity index (χ3v) is 5.85. The summed E-state index contributed by atoms with van der Waals surface area (Å²) in [5.41, 5.74) is 9.14. The van der Waals surface area contributed by atoms with Crippen LogP contribution in [0.3, 0.4) is 0 Å². The van der Waals surface area contributed by atoms with E-state index in [9.17, 15) is 0 Å². The maximum atomic E-state index is 2.41. The first-order valence-corrected chi connectivity index (χ1v) is 10.8. The van der Waals surface area contributed by atoms with Gasteiger partial charge in [0.25, 0.3) is 0 Å². The molecule has 0 saturated heterocycles. The van der Waals surface area contributed by atoms with Gasteiger partial charge in [-0.25, -0.2) is 0 Å². The minimum Gasteiger partial charge on any atom is -1.00 e. The summed E-state index contributed by atoms with van der Waals surface area (Å²) >= 11 is 0. The van der Waals surface area contributed by atoms with Crippen molar-refractivity contribution in [3.63, 3.8) is 0 Å². The van der Waals surface area contributed by atoms with Gasteiger partial charge in [0.05, 0.1) is 0 Å². The largest absolute Gasteiger partial charge is 3.00 e. The number of fused-ring (bicyclic) bond motifs is 1. The smallest absolute Gasteiger partial charge is 1.00 e. The van der Waals surface area contributed by atoms with Crippen molar-refractivity contribution < 1.29 is 51.0 Å². The molecular weight excluding hydrogens is 522 g/mol. The molecule has 5 rings (SSSR count). The van der Waals surface area contributed by atoms with Crippen LogP contribution in [-0.2, 0) is 32.6 Å². The number of aryl methyl sites for hydroxylation is 1. The van der Waals surface area contributed by atoms with Crippen LogP contribution in [0, 0.1) is 0 Å². The normalized spacial score (nSPS) is 10.1. The van der Waals surface area contributed by atoms with E-state index in [1.165, 1.54) is 49.7 Å². The molecule has 0 amide bonds. The zero-order chi connectivity index (χ0) is 20.3. The average molecular weight is 548 g/mol. The van der Waals surface area contributed by atoms with E-state index >= 15 is 0 Å². The fraction of sp³-hybridized carbons (Fsp3) is 0.100. The van der Waals surface area contributed by atoms with Crippen molar-refractivity contribution in [2.45, 2.75) is 19.8 Å². The minimum atomic E-state index is 0. The molecule has 1 radical (unpaired) electrons. The molecule has 0 N–H and O–H groups in total. The van der Waals surface area contributed by atoms with Crippen LogP contribution >= 0.6 is 0 Å². The first-order chi connectivity index (χ1) is 14.8. The van der Waals surface area contributed by atoms with E-state index in [1.54, 1.807) is 0 Å². The van der Waals surface area contributed by atoms with E-state index in [0.717, 1.165) is 12.8 Å². The van der Waals surface area contributed by atoms with Crippen molar-refractivity contribution in [2.24, 2.45) is 0 Å². The number of benzene rings is 4. The molecule has 0 aliphatic rings. The molecule has 163 valence electrons. The van der Waals surface area contributed by atoms with Gasteiger partial charge in [-0.2, -0.15) is 6.07 Å². The Hall–Kier alpha value is -2.05. The first-order valence-electron chi connectivity index (χ1n) is 10.8. The molecule has 0 spiro atoms. The molecule has 0 saturated carbocycles. The SMILES string of the molecule is CCCc1cc2c(-c3ccccc3-c3ccccc3)c(-c3ccccc3)ccc2[cH-]1.[Cl-].[Cl-].[Zr+3]. The second-order valence-electron chi connectivity index (χ2n) is 7.88. The Kier molecular flexibility index (Phi) is 10.2. The number of halogens is 2. The van der Waals surface area contributed by atoms with Crippen molar-refractivity contribution in [1.82, 2.24) is 0 Å². The molecule has 0 fully saturated rings. The van der Waals surface area contributed by atoms with Gasteiger partial charge in [0.15, 0.2) is 0 Å². The predicted octanol–water partition coefficient (Wildman–Crippen LogP) is 2.52.